The summed E-state index contributed by atoms with van der Waals surface area (Å²) in [4.78, 5) is 24.3. The topological polar surface area (TPSA) is 107 Å². The zero-order valence-corrected chi connectivity index (χ0v) is 15.0. The summed E-state index contributed by atoms with van der Waals surface area (Å²) in [6, 6.07) is 8.68. The molecule has 0 aliphatic rings. The van der Waals surface area contributed by atoms with Gasteiger partial charge in [-0.05, 0) is 22.9 Å². The molecular weight excluding hydrogens is 386 g/mol. The summed E-state index contributed by atoms with van der Waals surface area (Å²) in [7, 11) is -4.28. The highest BCUT2D eigenvalue weighted by Gasteiger charge is 2.25. The maximum atomic E-state index is 12.9. The van der Waals surface area contributed by atoms with Crippen LogP contribution in [0.3, 0.4) is 0 Å². The van der Waals surface area contributed by atoms with Crippen LogP contribution in [-0.4, -0.2) is 49.8 Å². The van der Waals surface area contributed by atoms with Gasteiger partial charge < -0.3 is 9.47 Å². The normalized spacial score (nSPS) is 12.0. The van der Waals surface area contributed by atoms with Gasteiger partial charge in [-0.15, -0.1) is 0 Å². The Balaban J connectivity index is 2.29. The van der Waals surface area contributed by atoms with Crippen LogP contribution in [0.4, 0.5) is 8.78 Å². The van der Waals surface area contributed by atoms with E-state index in [0.29, 0.717) is 12.3 Å². The smallest absolute Gasteiger partial charge is 0.338 e. The molecule has 0 fully saturated rings. The lowest BCUT2D eigenvalue weighted by atomic mass is 9.99. The number of rotatable bonds is 7. The number of carbonyl (C=O) groups excluding carboxylic acids is 2. The van der Waals surface area contributed by atoms with Crippen LogP contribution in [0.2, 0.25) is 0 Å². The molecule has 0 amide bonds. The van der Waals surface area contributed by atoms with E-state index >= 15 is 0 Å². The van der Waals surface area contributed by atoms with E-state index in [1.807, 2.05) is 0 Å². The minimum atomic E-state index is -4.28. The van der Waals surface area contributed by atoms with Crippen LogP contribution in [-0.2, 0) is 19.6 Å². The highest BCUT2D eigenvalue weighted by atomic mass is 32.2. The van der Waals surface area contributed by atoms with E-state index in [-0.39, 0.29) is 16.5 Å². The Morgan fingerprint density at radius 1 is 1.00 bits per heavy atom. The minimum Gasteiger partial charge on any atom is -0.461 e. The van der Waals surface area contributed by atoms with Gasteiger partial charge in [0.15, 0.2) is 6.61 Å². The van der Waals surface area contributed by atoms with Crippen molar-refractivity contribution in [2.24, 2.45) is 0 Å². The first kappa shape index (κ1) is 20.7. The van der Waals surface area contributed by atoms with Gasteiger partial charge in [0.05, 0.1) is 11.1 Å². The van der Waals surface area contributed by atoms with Crippen molar-refractivity contribution in [1.29, 1.82) is 0 Å². The van der Waals surface area contributed by atoms with Crippen molar-refractivity contribution >= 4 is 32.8 Å². The maximum absolute atomic E-state index is 12.9. The van der Waals surface area contributed by atoms with Gasteiger partial charge >= 0.3 is 11.9 Å². The standard InChI is InChI=1S/C17H16F2O7S/c1-17(18,19)10-26-16(21)14-7-6-13(11-4-2-3-5-12(11)14)15(20)25-8-9-27(22,23)24/h2-7H,8-10H2,1H3,(H,22,23,24). The molecule has 2 aromatic carbocycles. The van der Waals surface area contributed by atoms with Crippen LogP contribution in [0.5, 0.6) is 0 Å². The second-order valence-electron chi connectivity index (χ2n) is 5.77. The van der Waals surface area contributed by atoms with E-state index in [2.05, 4.69) is 4.74 Å². The first-order valence-electron chi connectivity index (χ1n) is 7.67. The molecule has 0 aliphatic heterocycles. The molecule has 0 aromatic heterocycles. The van der Waals surface area contributed by atoms with Gasteiger partial charge in [0.25, 0.3) is 16.0 Å². The Bertz CT molecular complexity index is 965. The molecule has 0 radical (unpaired) electrons. The molecule has 0 heterocycles. The molecule has 1 N–H and O–H groups in total. The number of ether oxygens (including phenoxy) is 2. The third-order valence-corrected chi connectivity index (χ3v) is 4.08. The Morgan fingerprint density at radius 3 is 1.93 bits per heavy atom. The fraction of sp³-hybridized carbons (Fsp3) is 0.294. The molecule has 146 valence electrons. The fourth-order valence-electron chi connectivity index (χ4n) is 2.24. The van der Waals surface area contributed by atoms with Gasteiger partial charge in [-0.1, -0.05) is 24.3 Å². The Hall–Kier alpha value is -2.59. The van der Waals surface area contributed by atoms with Crippen LogP contribution in [0.15, 0.2) is 36.4 Å². The molecule has 0 spiro atoms. The van der Waals surface area contributed by atoms with Gasteiger partial charge in [0, 0.05) is 6.92 Å². The van der Waals surface area contributed by atoms with Crippen molar-refractivity contribution in [3.05, 3.63) is 47.5 Å². The SMILES string of the molecule is CC(F)(F)COC(=O)c1ccc(C(=O)OCCS(=O)(=O)O)c2ccccc12. The number of esters is 2. The van der Waals surface area contributed by atoms with Crippen molar-refractivity contribution in [2.45, 2.75) is 12.8 Å². The van der Waals surface area contributed by atoms with Gasteiger partial charge in [0.1, 0.15) is 12.4 Å². The van der Waals surface area contributed by atoms with E-state index in [1.54, 1.807) is 12.1 Å². The van der Waals surface area contributed by atoms with E-state index in [4.69, 9.17) is 9.29 Å². The van der Waals surface area contributed by atoms with Crippen molar-refractivity contribution in [1.82, 2.24) is 0 Å². The molecule has 0 saturated heterocycles. The third-order valence-electron chi connectivity index (χ3n) is 3.40. The molecule has 2 rings (SSSR count). The van der Waals surface area contributed by atoms with E-state index in [9.17, 15) is 26.8 Å². The highest BCUT2D eigenvalue weighted by Crippen LogP contribution is 2.25. The average Bonchev–Trinajstić information content (AvgIpc) is 2.56. The van der Waals surface area contributed by atoms with Gasteiger partial charge in [0.2, 0.25) is 0 Å². The summed E-state index contributed by atoms with van der Waals surface area (Å²) < 4.78 is 65.2. The van der Waals surface area contributed by atoms with E-state index in [0.717, 1.165) is 0 Å². The molecule has 10 heteroatoms. The Kier molecular flexibility index (Phi) is 6.11. The van der Waals surface area contributed by atoms with Crippen LogP contribution >= 0.6 is 0 Å². The summed E-state index contributed by atoms with van der Waals surface area (Å²) in [6.07, 6.45) is 0. The lowest BCUT2D eigenvalue weighted by molar-refractivity contribution is -0.0466. The largest absolute Gasteiger partial charge is 0.461 e. The lowest BCUT2D eigenvalue weighted by Crippen LogP contribution is -2.22. The molecule has 0 bridgehead atoms. The lowest BCUT2D eigenvalue weighted by Gasteiger charge is -2.13. The number of hydrogen-bond acceptors (Lipinski definition) is 6. The zero-order valence-electron chi connectivity index (χ0n) is 14.1. The minimum absolute atomic E-state index is 0.00987. The predicted octanol–water partition coefficient (Wildman–Crippen LogP) is 2.70. The number of hydrogen-bond donors (Lipinski definition) is 1. The monoisotopic (exact) mass is 402 g/mol. The maximum Gasteiger partial charge on any atom is 0.338 e. The third kappa shape index (κ3) is 5.97. The van der Waals surface area contributed by atoms with Crippen LogP contribution < -0.4 is 0 Å². The summed E-state index contributed by atoms with van der Waals surface area (Å²) in [5, 5.41) is 0.582. The molecule has 0 aliphatic carbocycles. The molecule has 7 nitrogen and oxygen atoms in total. The molecular formula is C17H16F2O7S. The summed E-state index contributed by atoms with van der Waals surface area (Å²) in [5.41, 5.74) is 0.0302. The van der Waals surface area contributed by atoms with Gasteiger partial charge in [-0.3, -0.25) is 4.55 Å². The number of alkyl halides is 2. The molecule has 0 saturated carbocycles. The number of carbonyl (C=O) groups is 2. The molecule has 2 aromatic rings. The number of fused-ring (bicyclic) bond motifs is 1. The Labute approximate surface area is 153 Å². The second-order valence-corrected chi connectivity index (χ2v) is 7.35. The number of benzene rings is 2. The zero-order chi connectivity index (χ0) is 20.2. The number of halogens is 2. The first-order valence-corrected chi connectivity index (χ1v) is 9.28. The predicted molar refractivity (Wildman–Crippen MR) is 91.5 cm³/mol. The van der Waals surface area contributed by atoms with Crippen molar-refractivity contribution in [3.8, 4) is 0 Å². The van der Waals surface area contributed by atoms with E-state index in [1.165, 1.54) is 24.3 Å². The van der Waals surface area contributed by atoms with Crippen molar-refractivity contribution < 1.29 is 40.8 Å². The molecule has 0 unspecified atom stereocenters. The first-order chi connectivity index (χ1) is 12.5. The van der Waals surface area contributed by atoms with E-state index < -0.39 is 46.9 Å². The Morgan fingerprint density at radius 2 is 1.48 bits per heavy atom. The average molecular weight is 402 g/mol. The van der Waals surface area contributed by atoms with Crippen LogP contribution in [0.25, 0.3) is 10.8 Å². The van der Waals surface area contributed by atoms with Gasteiger partial charge in [-0.25, -0.2) is 18.4 Å². The summed E-state index contributed by atoms with van der Waals surface area (Å²) in [6.45, 7) is -1.02. The second kappa shape index (κ2) is 7.97. The fourth-order valence-corrected chi connectivity index (χ4v) is 2.54. The van der Waals surface area contributed by atoms with Crippen LogP contribution in [0, 0.1) is 0 Å². The quantitative estimate of drug-likeness (QED) is 0.560. The van der Waals surface area contributed by atoms with Gasteiger partial charge in [-0.2, -0.15) is 8.42 Å². The molecule has 0 atom stereocenters. The van der Waals surface area contributed by atoms with Crippen LogP contribution in [0.1, 0.15) is 27.6 Å². The summed E-state index contributed by atoms with van der Waals surface area (Å²) in [5.74, 6) is -5.77. The van der Waals surface area contributed by atoms with Crippen molar-refractivity contribution in [3.63, 3.8) is 0 Å². The summed E-state index contributed by atoms with van der Waals surface area (Å²) >= 11 is 0. The highest BCUT2D eigenvalue weighted by molar-refractivity contribution is 7.85. The van der Waals surface area contributed by atoms with Crippen molar-refractivity contribution in [2.75, 3.05) is 19.0 Å². The molecule has 27 heavy (non-hydrogen) atoms.